The molecule has 0 radical (unpaired) electrons. The van der Waals surface area contributed by atoms with Gasteiger partial charge in [0.2, 0.25) is 0 Å². The number of rotatable bonds is 9. The highest BCUT2D eigenvalue weighted by Crippen LogP contribution is 2.39. The molecule has 0 saturated carbocycles. The van der Waals surface area contributed by atoms with Crippen molar-refractivity contribution in [1.29, 1.82) is 0 Å². The Morgan fingerprint density at radius 1 is 0.241 bits per heavy atom. The summed E-state index contributed by atoms with van der Waals surface area (Å²) >= 11 is 0. The maximum absolute atomic E-state index is 11.5. The van der Waals surface area contributed by atoms with Gasteiger partial charge in [-0.3, -0.25) is 0 Å². The zero-order chi connectivity index (χ0) is 57.5. The summed E-state index contributed by atoms with van der Waals surface area (Å²) in [6.45, 7) is -3.38. The molecule has 21 rings (SSSR count). The standard InChI is InChI=1S/C44H72O35/c1-2-65-9-16-37-23(57)30(64)44(72-16)78-36-15(8-50)70-42(28(62)21(36)55)76-34-13(6-48)68-40(26(60)19(34)53)74-32-11(4-46)66-38(24(58)17(32)51)73-31-10(3-45)67-39(25(59)18(31)52)75-33-12(5-47)69-41(27(61)20(33)54)77-35-14(7-49)71-43(79-37)29(63)22(35)56/h2,10-64H,1,3-9H2/t10-,11-,12-,13-,14-,15-,16-,17-,18-,19-,20-,21-,22-,23-,24-,25-,26-,27-,28-,29-,30-,31-,32-,33-,34-,35-,36-,37-,38-,39-,40-,41-,42-,43-,44-/m1/s1. The van der Waals surface area contributed by atoms with Gasteiger partial charge in [0.25, 0.3) is 0 Å². The third kappa shape index (κ3) is 12.6. The lowest BCUT2D eigenvalue weighted by molar-refractivity contribution is -0.396. The lowest BCUT2D eigenvalue weighted by Crippen LogP contribution is -2.68. The van der Waals surface area contributed by atoms with Crippen molar-refractivity contribution < 1.29 is 173 Å². The van der Waals surface area contributed by atoms with Crippen LogP contribution in [0.5, 0.6) is 0 Å². The molecule has 79 heavy (non-hydrogen) atoms. The second-order valence-electron chi connectivity index (χ2n) is 20.0. The van der Waals surface area contributed by atoms with Gasteiger partial charge in [0.15, 0.2) is 44.0 Å². The highest BCUT2D eigenvalue weighted by molar-refractivity contribution is 5.02. The monoisotopic (exact) mass is 1160 g/mol. The summed E-state index contributed by atoms with van der Waals surface area (Å²) < 4.78 is 85.5. The number of hydrogen-bond acceptors (Lipinski definition) is 35. The van der Waals surface area contributed by atoms with Gasteiger partial charge in [0, 0.05) is 0 Å². The lowest BCUT2D eigenvalue weighted by Gasteiger charge is -2.50. The normalized spacial score (nSPS) is 54.2. The summed E-state index contributed by atoms with van der Waals surface area (Å²) in [5, 5.41) is 221. The van der Waals surface area contributed by atoms with Gasteiger partial charge in [0.1, 0.15) is 178 Å². The van der Waals surface area contributed by atoms with Gasteiger partial charge in [-0.05, 0) is 0 Å². The molecule has 0 aromatic carbocycles. The maximum atomic E-state index is 11.5. The fraction of sp³-hybridized carbons (Fsp3) is 0.955. The SMILES string of the molecule is C=COC[C@H]1O[C@@H]2O[C@H]3[C@H](O)[C@@H](O)[C@@H](O[C@H]4[C@H](O)[C@@H](O)[C@@H](O[C@H]5[C@H](O)[C@@H](O)[C@@H](O[C@H]6[C@H](O)[C@@H](O)[C@@H](O[C@H]7[C@H](O)[C@@H](O)[C@@H](O[C@H]8[C@H](O)[C@@H](O)[C@@H](O[C@H]1[C@H](O)[C@H]2O)O[C@@H]8CO)O[C@@H]7CO)O[C@@H]6CO)O[C@@H]5CO)O[C@@H]4CO)O[C@@H]3CO. The fourth-order valence-corrected chi connectivity index (χ4v) is 10.6. The lowest BCUT2D eigenvalue weighted by atomic mass is 9.95. The average molecular weight is 1160 g/mol. The highest BCUT2D eigenvalue weighted by Gasteiger charge is 2.59. The molecule has 21 heterocycles. The quantitative estimate of drug-likeness (QED) is 0.0953. The average Bonchev–Trinajstić information content (AvgIpc) is 3.52. The van der Waals surface area contributed by atoms with Gasteiger partial charge in [-0.1, -0.05) is 6.58 Å². The van der Waals surface area contributed by atoms with Crippen molar-refractivity contribution in [3.05, 3.63) is 12.8 Å². The second kappa shape index (κ2) is 27.0. The Labute approximate surface area is 446 Å². The molecule has 21 aliphatic rings. The topological polar surface area (TPSA) is 543 Å². The number of ether oxygens (including phenoxy) is 15. The van der Waals surface area contributed by atoms with Crippen LogP contribution < -0.4 is 0 Å². The summed E-state index contributed by atoms with van der Waals surface area (Å²) in [6.07, 6.45) is -68.7. The van der Waals surface area contributed by atoms with E-state index >= 15 is 0 Å². The van der Waals surface area contributed by atoms with Crippen LogP contribution in [-0.4, -0.2) is 363 Å². The van der Waals surface area contributed by atoms with E-state index in [1.165, 1.54) is 0 Å². The van der Waals surface area contributed by atoms with Crippen molar-refractivity contribution in [3.8, 4) is 0 Å². The highest BCUT2D eigenvalue weighted by atomic mass is 16.8. The van der Waals surface area contributed by atoms with Crippen molar-refractivity contribution in [2.24, 2.45) is 0 Å². The summed E-state index contributed by atoms with van der Waals surface area (Å²) in [5.41, 5.74) is 0. The van der Waals surface area contributed by atoms with Crippen LogP contribution in [0.15, 0.2) is 12.8 Å². The summed E-state index contributed by atoms with van der Waals surface area (Å²) in [6, 6.07) is 0. The molecule has 21 fully saturated rings. The zero-order valence-corrected chi connectivity index (χ0v) is 41.5. The predicted molar refractivity (Wildman–Crippen MR) is 237 cm³/mol. The van der Waals surface area contributed by atoms with Gasteiger partial charge in [-0.2, -0.15) is 0 Å². The van der Waals surface area contributed by atoms with Gasteiger partial charge in [-0.15, -0.1) is 0 Å². The van der Waals surface area contributed by atoms with E-state index in [1.54, 1.807) is 0 Å². The minimum absolute atomic E-state index is 0.571. The molecular formula is C44H72O35. The molecule has 20 N–H and O–H groups in total. The molecular weight excluding hydrogens is 1090 g/mol. The Kier molecular flexibility index (Phi) is 21.6. The molecule has 0 unspecified atom stereocenters. The Morgan fingerprint density at radius 3 is 0.544 bits per heavy atom. The van der Waals surface area contributed by atoms with Gasteiger partial charge < -0.3 is 173 Å². The molecule has 0 spiro atoms. The van der Waals surface area contributed by atoms with Crippen LogP contribution in [0.4, 0.5) is 0 Å². The molecule has 0 aromatic heterocycles. The largest absolute Gasteiger partial charge is 0.499 e. The molecule has 21 saturated heterocycles. The molecule has 0 amide bonds. The van der Waals surface area contributed by atoms with Crippen molar-refractivity contribution in [1.82, 2.24) is 0 Å². The third-order valence-corrected chi connectivity index (χ3v) is 15.0. The number of aliphatic hydroxyl groups excluding tert-OH is 20. The predicted octanol–water partition coefficient (Wildman–Crippen LogP) is -14.1. The molecule has 14 bridgehead atoms. The van der Waals surface area contributed by atoms with Gasteiger partial charge in [-0.25, -0.2) is 0 Å². The first kappa shape index (κ1) is 63.2. The van der Waals surface area contributed by atoms with Gasteiger partial charge >= 0.3 is 0 Å². The van der Waals surface area contributed by atoms with E-state index < -0.39 is 261 Å². The van der Waals surface area contributed by atoms with E-state index in [1.807, 2.05) is 0 Å². The van der Waals surface area contributed by atoms with Crippen LogP contribution >= 0.6 is 0 Å². The Morgan fingerprint density at radius 2 is 0.392 bits per heavy atom. The van der Waals surface area contributed by atoms with Gasteiger partial charge in [0.05, 0.1) is 45.9 Å². The van der Waals surface area contributed by atoms with Crippen LogP contribution in [0.25, 0.3) is 0 Å². The first-order chi connectivity index (χ1) is 37.7. The number of aliphatic hydroxyl groups is 20. The van der Waals surface area contributed by atoms with Crippen molar-refractivity contribution in [3.63, 3.8) is 0 Å². The minimum Gasteiger partial charge on any atom is -0.499 e. The van der Waals surface area contributed by atoms with Crippen molar-refractivity contribution in [2.75, 3.05) is 46.2 Å². The van der Waals surface area contributed by atoms with E-state index in [9.17, 15) is 102 Å². The fourth-order valence-electron chi connectivity index (χ4n) is 10.6. The molecule has 35 heteroatoms. The zero-order valence-electron chi connectivity index (χ0n) is 41.5. The molecule has 0 aliphatic carbocycles. The minimum atomic E-state index is -2.21. The van der Waals surface area contributed by atoms with E-state index in [0.717, 1.165) is 6.26 Å². The molecule has 0 aromatic rings. The molecule has 458 valence electrons. The third-order valence-electron chi connectivity index (χ3n) is 15.0. The van der Waals surface area contributed by atoms with Crippen LogP contribution in [0.3, 0.4) is 0 Å². The first-order valence-electron chi connectivity index (χ1n) is 25.2. The Hall–Kier alpha value is -1.82. The molecule has 35 nitrogen and oxygen atoms in total. The first-order valence-corrected chi connectivity index (χ1v) is 25.2. The Balaban J connectivity index is 1.09. The van der Waals surface area contributed by atoms with Crippen molar-refractivity contribution in [2.45, 2.75) is 215 Å². The van der Waals surface area contributed by atoms with E-state index in [0.29, 0.717) is 0 Å². The van der Waals surface area contributed by atoms with Crippen LogP contribution in [0.1, 0.15) is 0 Å². The Bertz CT molecular complexity index is 1880. The smallest absolute Gasteiger partial charge is 0.187 e. The van der Waals surface area contributed by atoms with Crippen LogP contribution in [-0.2, 0) is 71.1 Å². The number of hydrogen-bond donors (Lipinski definition) is 20. The summed E-state index contributed by atoms with van der Waals surface area (Å²) in [5.74, 6) is 0. The molecule has 21 aliphatic heterocycles. The van der Waals surface area contributed by atoms with Crippen molar-refractivity contribution >= 4 is 0 Å². The molecule has 35 atom stereocenters. The van der Waals surface area contributed by atoms with E-state index in [-0.39, 0.29) is 0 Å². The summed E-state index contributed by atoms with van der Waals surface area (Å²) in [7, 11) is 0. The summed E-state index contributed by atoms with van der Waals surface area (Å²) in [4.78, 5) is 0. The van der Waals surface area contributed by atoms with E-state index in [2.05, 4.69) is 6.58 Å². The van der Waals surface area contributed by atoms with E-state index in [4.69, 9.17) is 71.1 Å². The van der Waals surface area contributed by atoms with Crippen LogP contribution in [0, 0.1) is 0 Å². The maximum Gasteiger partial charge on any atom is 0.187 e. The second-order valence-corrected chi connectivity index (χ2v) is 20.0. The van der Waals surface area contributed by atoms with Crippen LogP contribution in [0.2, 0.25) is 0 Å².